The van der Waals surface area contributed by atoms with Gasteiger partial charge in [0.2, 0.25) is 0 Å². The van der Waals surface area contributed by atoms with E-state index in [-0.39, 0.29) is 0 Å². The van der Waals surface area contributed by atoms with Crippen LogP contribution >= 0.6 is 27.3 Å². The lowest BCUT2D eigenvalue weighted by Gasteiger charge is -1.90. The zero-order valence-corrected chi connectivity index (χ0v) is 8.87. The first-order valence-corrected chi connectivity index (χ1v) is 5.13. The van der Waals surface area contributed by atoms with Crippen LogP contribution in [0.1, 0.15) is 4.88 Å². The molecule has 62 valence electrons. The summed E-state index contributed by atoms with van der Waals surface area (Å²) in [6.07, 6.45) is 3.52. The molecule has 4 heteroatoms. The van der Waals surface area contributed by atoms with Crippen LogP contribution in [0.25, 0.3) is 10.6 Å². The number of H-pyrrole nitrogens is 1. The molecule has 0 amide bonds. The number of hydrogen-bond donors (Lipinski definition) is 1. The summed E-state index contributed by atoms with van der Waals surface area (Å²) < 4.78 is 1.13. The van der Waals surface area contributed by atoms with Gasteiger partial charge in [0.15, 0.2) is 0 Å². The number of imidazole rings is 1. The Hall–Kier alpha value is -0.610. The van der Waals surface area contributed by atoms with Gasteiger partial charge in [-0.3, -0.25) is 0 Å². The monoisotopic (exact) mass is 242 g/mol. The summed E-state index contributed by atoms with van der Waals surface area (Å²) in [6.45, 7) is 2.09. The fraction of sp³-hybridized carbons (Fsp3) is 0.125. The Balaban J connectivity index is 2.54. The Morgan fingerprint density at radius 2 is 2.42 bits per heavy atom. The first-order chi connectivity index (χ1) is 5.77. The SMILES string of the molecule is Cc1cc(Br)c(-c2cnc[nH]2)s1. The highest BCUT2D eigenvalue weighted by Crippen LogP contribution is 2.34. The topological polar surface area (TPSA) is 28.7 Å². The van der Waals surface area contributed by atoms with E-state index in [1.165, 1.54) is 9.75 Å². The maximum atomic E-state index is 3.98. The molecule has 0 aliphatic carbocycles. The molecule has 0 bridgehead atoms. The van der Waals surface area contributed by atoms with Crippen molar-refractivity contribution in [2.24, 2.45) is 0 Å². The summed E-state index contributed by atoms with van der Waals surface area (Å²) in [6, 6.07) is 2.11. The second-order valence-electron chi connectivity index (χ2n) is 2.50. The number of thiophene rings is 1. The van der Waals surface area contributed by atoms with Crippen LogP contribution in [0, 0.1) is 6.92 Å². The van der Waals surface area contributed by atoms with Crippen molar-refractivity contribution in [1.82, 2.24) is 9.97 Å². The van der Waals surface area contributed by atoms with Gasteiger partial charge in [0.25, 0.3) is 0 Å². The predicted octanol–water partition coefficient (Wildman–Crippen LogP) is 3.21. The van der Waals surface area contributed by atoms with Gasteiger partial charge in [0.05, 0.1) is 23.1 Å². The number of nitrogens with one attached hydrogen (secondary N) is 1. The maximum absolute atomic E-state index is 3.98. The minimum atomic E-state index is 1.07. The van der Waals surface area contributed by atoms with E-state index in [9.17, 15) is 0 Å². The van der Waals surface area contributed by atoms with Gasteiger partial charge in [-0.05, 0) is 28.9 Å². The highest BCUT2D eigenvalue weighted by atomic mass is 79.9. The smallest absolute Gasteiger partial charge is 0.0924 e. The maximum Gasteiger partial charge on any atom is 0.0924 e. The van der Waals surface area contributed by atoms with E-state index in [4.69, 9.17) is 0 Å². The molecule has 0 spiro atoms. The third kappa shape index (κ3) is 1.32. The number of aromatic amines is 1. The summed E-state index contributed by atoms with van der Waals surface area (Å²) in [5.41, 5.74) is 1.07. The summed E-state index contributed by atoms with van der Waals surface area (Å²) in [5.74, 6) is 0. The van der Waals surface area contributed by atoms with Crippen molar-refractivity contribution in [1.29, 1.82) is 0 Å². The first-order valence-electron chi connectivity index (χ1n) is 3.52. The first kappa shape index (κ1) is 8.01. The van der Waals surface area contributed by atoms with Gasteiger partial charge < -0.3 is 4.98 Å². The zero-order valence-electron chi connectivity index (χ0n) is 6.47. The number of hydrogen-bond acceptors (Lipinski definition) is 2. The minimum absolute atomic E-state index is 1.07. The van der Waals surface area contributed by atoms with Gasteiger partial charge in [-0.2, -0.15) is 0 Å². The molecule has 0 aromatic carbocycles. The lowest BCUT2D eigenvalue weighted by molar-refractivity contribution is 1.32. The molecule has 0 aliphatic heterocycles. The molecule has 1 N–H and O–H groups in total. The molecule has 0 aliphatic rings. The summed E-state index contributed by atoms with van der Waals surface area (Å²) >= 11 is 5.26. The van der Waals surface area contributed by atoms with Crippen LogP contribution in [0.5, 0.6) is 0 Å². The van der Waals surface area contributed by atoms with Gasteiger partial charge in [0, 0.05) is 9.35 Å². The molecular weight excluding hydrogens is 236 g/mol. The van der Waals surface area contributed by atoms with E-state index in [0.717, 1.165) is 10.2 Å². The minimum Gasteiger partial charge on any atom is -0.344 e. The van der Waals surface area contributed by atoms with Crippen molar-refractivity contribution in [3.05, 3.63) is 27.9 Å². The van der Waals surface area contributed by atoms with Gasteiger partial charge in [0.1, 0.15) is 0 Å². The molecule has 0 fully saturated rings. The van der Waals surface area contributed by atoms with Crippen molar-refractivity contribution in [2.75, 3.05) is 0 Å². The van der Waals surface area contributed by atoms with Crippen LogP contribution in [0.15, 0.2) is 23.1 Å². The molecule has 0 unspecified atom stereocenters. The Kier molecular flexibility index (Phi) is 2.02. The molecule has 2 aromatic rings. The molecule has 0 radical (unpaired) electrons. The average molecular weight is 243 g/mol. The number of aryl methyl sites for hydroxylation is 1. The molecule has 0 saturated heterocycles. The third-order valence-electron chi connectivity index (χ3n) is 1.55. The van der Waals surface area contributed by atoms with Crippen LogP contribution in [0.4, 0.5) is 0 Å². The third-order valence-corrected chi connectivity index (χ3v) is 3.52. The Morgan fingerprint density at radius 3 is 2.92 bits per heavy atom. The molecule has 2 heterocycles. The molecule has 0 saturated carbocycles. The predicted molar refractivity (Wildman–Crippen MR) is 54.3 cm³/mol. The van der Waals surface area contributed by atoms with Gasteiger partial charge in [-0.15, -0.1) is 11.3 Å². The fourth-order valence-corrected chi connectivity index (χ4v) is 2.87. The molecule has 2 rings (SSSR count). The number of aromatic nitrogens is 2. The molecule has 2 nitrogen and oxygen atoms in total. The van der Waals surface area contributed by atoms with Crippen LogP contribution < -0.4 is 0 Å². The van der Waals surface area contributed by atoms with Gasteiger partial charge in [-0.1, -0.05) is 0 Å². The second kappa shape index (κ2) is 3.03. The van der Waals surface area contributed by atoms with E-state index < -0.39 is 0 Å². The molecule has 12 heavy (non-hydrogen) atoms. The number of halogens is 1. The van der Waals surface area contributed by atoms with E-state index >= 15 is 0 Å². The second-order valence-corrected chi connectivity index (χ2v) is 4.61. The van der Waals surface area contributed by atoms with E-state index in [2.05, 4.69) is 38.9 Å². The quantitative estimate of drug-likeness (QED) is 0.818. The van der Waals surface area contributed by atoms with E-state index in [0.29, 0.717) is 0 Å². The van der Waals surface area contributed by atoms with Crippen molar-refractivity contribution in [2.45, 2.75) is 6.92 Å². The fourth-order valence-electron chi connectivity index (χ4n) is 1.05. The molecular formula is C8H7BrN2S. The van der Waals surface area contributed by atoms with Crippen molar-refractivity contribution < 1.29 is 0 Å². The normalized spacial score (nSPS) is 10.5. The highest BCUT2D eigenvalue weighted by Gasteiger charge is 2.07. The van der Waals surface area contributed by atoms with Gasteiger partial charge in [-0.25, -0.2) is 4.98 Å². The summed E-state index contributed by atoms with van der Waals surface area (Å²) in [7, 11) is 0. The summed E-state index contributed by atoms with van der Waals surface area (Å²) in [4.78, 5) is 9.57. The average Bonchev–Trinajstić information content (AvgIpc) is 2.58. The van der Waals surface area contributed by atoms with E-state index in [1.54, 1.807) is 17.7 Å². The lowest BCUT2D eigenvalue weighted by atomic mass is 10.4. The lowest BCUT2D eigenvalue weighted by Crippen LogP contribution is -1.69. The largest absolute Gasteiger partial charge is 0.344 e. The Bertz CT molecular complexity index is 378. The highest BCUT2D eigenvalue weighted by molar-refractivity contribution is 9.10. The number of rotatable bonds is 1. The molecule has 0 atom stereocenters. The van der Waals surface area contributed by atoms with Crippen molar-refractivity contribution in [3.8, 4) is 10.6 Å². The van der Waals surface area contributed by atoms with Crippen LogP contribution in [-0.4, -0.2) is 9.97 Å². The summed E-state index contributed by atoms with van der Waals surface area (Å²) in [5, 5.41) is 0. The van der Waals surface area contributed by atoms with Crippen LogP contribution in [-0.2, 0) is 0 Å². The Morgan fingerprint density at radius 1 is 1.58 bits per heavy atom. The van der Waals surface area contributed by atoms with Crippen LogP contribution in [0.2, 0.25) is 0 Å². The number of nitrogens with zero attached hydrogens (tertiary/aromatic N) is 1. The standard InChI is InChI=1S/C8H7BrN2S/c1-5-2-6(9)8(12-5)7-3-10-4-11-7/h2-4H,1H3,(H,10,11). The van der Waals surface area contributed by atoms with Crippen molar-refractivity contribution in [3.63, 3.8) is 0 Å². The van der Waals surface area contributed by atoms with Crippen LogP contribution in [0.3, 0.4) is 0 Å². The molecule has 2 aromatic heterocycles. The van der Waals surface area contributed by atoms with E-state index in [1.807, 2.05) is 6.20 Å². The van der Waals surface area contributed by atoms with Gasteiger partial charge >= 0.3 is 0 Å². The Labute approximate surface area is 82.8 Å². The zero-order chi connectivity index (χ0) is 8.55. The van der Waals surface area contributed by atoms with Crippen molar-refractivity contribution >= 4 is 27.3 Å².